The number of halogens is 1. The van der Waals surface area contributed by atoms with Crippen LogP contribution in [0.5, 0.6) is 11.6 Å². The van der Waals surface area contributed by atoms with Gasteiger partial charge in [0.15, 0.2) is 17.2 Å². The number of hydrogen-bond donors (Lipinski definition) is 2. The lowest BCUT2D eigenvalue weighted by molar-refractivity contribution is -0.112. The molecule has 1 amide bonds. The number of rotatable bonds is 7. The topological polar surface area (TPSA) is 101 Å². The van der Waals surface area contributed by atoms with Crippen LogP contribution in [0.1, 0.15) is 5.56 Å². The van der Waals surface area contributed by atoms with Crippen LogP contribution in [-0.2, 0) is 4.79 Å². The average Bonchev–Trinajstić information content (AvgIpc) is 3.29. The Kier molecular flexibility index (Phi) is 6.26. The molecule has 184 valence electrons. The number of pyridine rings is 1. The van der Waals surface area contributed by atoms with Gasteiger partial charge in [-0.15, -0.1) is 5.10 Å². The minimum atomic E-state index is -0.696. The van der Waals surface area contributed by atoms with Crippen LogP contribution in [0.2, 0.25) is 0 Å². The van der Waals surface area contributed by atoms with Gasteiger partial charge in [-0.25, -0.2) is 4.39 Å². The molecule has 2 aromatic heterocycles. The van der Waals surface area contributed by atoms with Crippen LogP contribution in [0.25, 0.3) is 11.2 Å². The summed E-state index contributed by atoms with van der Waals surface area (Å²) in [6, 6.07) is 17.3. The van der Waals surface area contributed by atoms with E-state index in [2.05, 4.69) is 51.0 Å². The number of aromatic nitrogens is 3. The molecule has 0 saturated carbocycles. The molecule has 0 atom stereocenters. The van der Waals surface area contributed by atoms with Gasteiger partial charge in [0.25, 0.3) is 0 Å². The summed E-state index contributed by atoms with van der Waals surface area (Å²) in [7, 11) is 2.14. The predicted molar refractivity (Wildman–Crippen MR) is 137 cm³/mol. The molecule has 36 heavy (non-hydrogen) atoms. The first-order valence-corrected chi connectivity index (χ1v) is 11.5. The molecule has 0 unspecified atom stereocenters. The summed E-state index contributed by atoms with van der Waals surface area (Å²) >= 11 is 0. The fourth-order valence-electron chi connectivity index (χ4n) is 3.99. The maximum atomic E-state index is 14.5. The van der Waals surface area contributed by atoms with E-state index in [1.807, 2.05) is 12.1 Å². The summed E-state index contributed by atoms with van der Waals surface area (Å²) in [5.41, 5.74) is 8.26. The number of carbonyl (C=O) groups excluding carboxylic acids is 1. The third kappa shape index (κ3) is 4.84. The second-order valence-electron chi connectivity index (χ2n) is 8.62. The van der Waals surface area contributed by atoms with Gasteiger partial charge in [0, 0.05) is 49.2 Å². The zero-order chi connectivity index (χ0) is 25.2. The number of nitrogens with two attached hydrogens (primary N) is 1. The lowest BCUT2D eigenvalue weighted by atomic mass is 10.1. The summed E-state index contributed by atoms with van der Waals surface area (Å²) in [4.78, 5) is 20.6. The highest BCUT2D eigenvalue weighted by atomic mass is 19.1. The van der Waals surface area contributed by atoms with Crippen LogP contribution in [0.3, 0.4) is 0 Å². The van der Waals surface area contributed by atoms with Gasteiger partial charge in [0.1, 0.15) is 0 Å². The maximum absolute atomic E-state index is 14.5. The van der Waals surface area contributed by atoms with Gasteiger partial charge in [-0.05, 0) is 55.1 Å². The summed E-state index contributed by atoms with van der Waals surface area (Å²) in [5.74, 6) is -0.772. The first-order chi connectivity index (χ1) is 17.4. The summed E-state index contributed by atoms with van der Waals surface area (Å²) < 4.78 is 21.7. The number of ether oxygens (including phenoxy) is 1. The van der Waals surface area contributed by atoms with E-state index in [9.17, 15) is 9.18 Å². The number of carbonyl (C=O) groups is 1. The van der Waals surface area contributed by atoms with Crippen LogP contribution in [-0.4, -0.2) is 58.6 Å². The highest BCUT2D eigenvalue weighted by Crippen LogP contribution is 2.29. The van der Waals surface area contributed by atoms with E-state index in [4.69, 9.17) is 10.5 Å². The summed E-state index contributed by atoms with van der Waals surface area (Å²) in [5, 5.41) is 7.69. The second kappa shape index (κ2) is 9.67. The van der Waals surface area contributed by atoms with E-state index in [1.165, 1.54) is 28.4 Å². The van der Waals surface area contributed by atoms with Gasteiger partial charge in [-0.2, -0.15) is 9.50 Å². The molecule has 1 saturated heterocycles. The van der Waals surface area contributed by atoms with Crippen molar-refractivity contribution in [2.24, 2.45) is 5.73 Å². The smallest absolute Gasteiger partial charge is 0.248 e. The van der Waals surface area contributed by atoms with E-state index in [-0.39, 0.29) is 17.2 Å². The Bertz CT molecular complexity index is 1430. The van der Waals surface area contributed by atoms with E-state index < -0.39 is 11.7 Å². The van der Waals surface area contributed by atoms with Gasteiger partial charge in [0.05, 0.1) is 0 Å². The highest BCUT2D eigenvalue weighted by molar-refractivity contribution is 6.17. The average molecular weight is 488 g/mol. The Balaban J connectivity index is 1.35. The number of likely N-dealkylation sites (N-methyl/N-ethyl adjacent to an activating group) is 1. The predicted octanol–water partition coefficient (Wildman–Crippen LogP) is 3.65. The van der Waals surface area contributed by atoms with Crippen molar-refractivity contribution < 1.29 is 13.9 Å². The molecule has 2 aromatic carbocycles. The molecule has 5 rings (SSSR count). The molecular formula is C26H26FN7O2. The Labute approximate surface area is 207 Å². The van der Waals surface area contributed by atoms with Gasteiger partial charge in [-0.3, -0.25) is 4.79 Å². The largest absolute Gasteiger partial charge is 0.436 e. The minimum Gasteiger partial charge on any atom is -0.436 e. The van der Waals surface area contributed by atoms with Crippen molar-refractivity contribution >= 4 is 34.5 Å². The molecule has 3 heterocycles. The first kappa shape index (κ1) is 23.3. The Hall–Kier alpha value is -4.44. The number of primary amides is 1. The highest BCUT2D eigenvalue weighted by Gasteiger charge is 2.16. The molecule has 0 spiro atoms. The van der Waals surface area contributed by atoms with Crippen LogP contribution in [0, 0.1) is 5.82 Å². The molecule has 0 aliphatic carbocycles. The van der Waals surface area contributed by atoms with E-state index in [0.29, 0.717) is 17.2 Å². The third-order valence-corrected chi connectivity index (χ3v) is 6.11. The third-order valence-electron chi connectivity index (χ3n) is 6.11. The normalized spacial score (nSPS) is 14.1. The SMILES string of the molecule is C=C(C(N)=O)c1ccc(F)c(Oc2cccc3nc(Nc4ccc(N5CCN(C)CC5)cc4)nn23)c1. The standard InChI is InChI=1S/C26H26FN7O2/c1-17(25(28)35)18-6-11-21(27)22(16-18)36-24-5-3-4-23-30-26(31-34(23)24)29-19-7-9-20(10-8-19)33-14-12-32(2)13-15-33/h3-11,16H,1,12-15H2,2H3,(H2,28,35)(H,29,31). The quantitative estimate of drug-likeness (QED) is 0.384. The summed E-state index contributed by atoms with van der Waals surface area (Å²) in [6.07, 6.45) is 0. The van der Waals surface area contributed by atoms with Crippen molar-refractivity contribution in [1.29, 1.82) is 0 Å². The molecule has 1 aliphatic heterocycles. The van der Waals surface area contributed by atoms with Gasteiger partial charge < -0.3 is 25.6 Å². The van der Waals surface area contributed by atoms with Crippen molar-refractivity contribution in [2.75, 3.05) is 43.4 Å². The number of hydrogen-bond acceptors (Lipinski definition) is 7. The Morgan fingerprint density at radius 2 is 1.83 bits per heavy atom. The monoisotopic (exact) mass is 487 g/mol. The molecule has 0 bridgehead atoms. The van der Waals surface area contributed by atoms with Gasteiger partial charge in [0.2, 0.25) is 17.7 Å². The number of piperazine rings is 1. The minimum absolute atomic E-state index is 0.0592. The molecule has 0 radical (unpaired) electrons. The van der Waals surface area contributed by atoms with Gasteiger partial charge in [-0.1, -0.05) is 18.7 Å². The number of fused-ring (bicyclic) bond motifs is 1. The zero-order valence-electron chi connectivity index (χ0n) is 19.8. The van der Waals surface area contributed by atoms with Crippen LogP contribution in [0.15, 0.2) is 67.2 Å². The van der Waals surface area contributed by atoms with Crippen LogP contribution in [0.4, 0.5) is 21.7 Å². The van der Waals surface area contributed by atoms with Crippen molar-refractivity contribution in [2.45, 2.75) is 0 Å². The fraction of sp³-hybridized carbons (Fsp3) is 0.192. The van der Waals surface area contributed by atoms with E-state index in [0.717, 1.165) is 31.9 Å². The van der Waals surface area contributed by atoms with Crippen LogP contribution < -0.4 is 20.7 Å². The molecule has 10 heteroatoms. The molecule has 9 nitrogen and oxygen atoms in total. The van der Waals surface area contributed by atoms with E-state index in [1.54, 1.807) is 18.2 Å². The Morgan fingerprint density at radius 3 is 2.56 bits per heavy atom. The molecule has 1 aliphatic rings. The van der Waals surface area contributed by atoms with Crippen LogP contribution >= 0.6 is 0 Å². The molecule has 1 fully saturated rings. The number of nitrogens with zero attached hydrogens (tertiary/aromatic N) is 5. The zero-order valence-corrected chi connectivity index (χ0v) is 19.8. The lowest BCUT2D eigenvalue weighted by Crippen LogP contribution is -2.44. The number of nitrogens with one attached hydrogen (secondary N) is 1. The second-order valence-corrected chi connectivity index (χ2v) is 8.62. The van der Waals surface area contributed by atoms with Crippen molar-refractivity contribution in [3.05, 3.63) is 78.6 Å². The molecule has 4 aromatic rings. The lowest BCUT2D eigenvalue weighted by Gasteiger charge is -2.34. The number of benzene rings is 2. The molecular weight excluding hydrogens is 461 g/mol. The van der Waals surface area contributed by atoms with E-state index >= 15 is 0 Å². The maximum Gasteiger partial charge on any atom is 0.248 e. The number of amides is 1. The van der Waals surface area contributed by atoms with Crippen molar-refractivity contribution in [3.8, 4) is 11.6 Å². The fourth-order valence-corrected chi connectivity index (χ4v) is 3.99. The van der Waals surface area contributed by atoms with Crippen molar-refractivity contribution in [1.82, 2.24) is 19.5 Å². The van der Waals surface area contributed by atoms with Gasteiger partial charge >= 0.3 is 0 Å². The number of anilines is 3. The Morgan fingerprint density at radius 1 is 1.08 bits per heavy atom. The first-order valence-electron chi connectivity index (χ1n) is 11.5. The molecule has 3 N–H and O–H groups in total. The van der Waals surface area contributed by atoms with Crippen molar-refractivity contribution in [3.63, 3.8) is 0 Å². The summed E-state index contributed by atoms with van der Waals surface area (Å²) in [6.45, 7) is 7.73.